The van der Waals surface area contributed by atoms with Gasteiger partial charge in [-0.25, -0.2) is 0 Å². The van der Waals surface area contributed by atoms with Gasteiger partial charge in [-0.3, -0.25) is 14.5 Å². The maximum atomic E-state index is 12.7. The molecule has 3 rings (SSSR count). The lowest BCUT2D eigenvalue weighted by Crippen LogP contribution is -2.25. The van der Waals surface area contributed by atoms with E-state index in [1.165, 1.54) is 16.9 Å². The van der Waals surface area contributed by atoms with Gasteiger partial charge in [0.2, 0.25) is 0 Å². The third-order valence-corrected chi connectivity index (χ3v) is 5.81. The fourth-order valence-corrected chi connectivity index (χ4v) is 3.75. The first-order valence-electron chi connectivity index (χ1n) is 10.1. The first kappa shape index (κ1) is 21.7. The standard InChI is InChI=1S/C24H27N3O2S/c1-3-27(4-2)17-19-13-11-18(12-14-19)16-25-23(28)20-8-5-6-9-21(20)26-24(29)22-10-7-15-30-22/h5-15H,3-4,16-17H2,1-2H3,(H,25,28)(H,26,29). The Balaban J connectivity index is 1.60. The summed E-state index contributed by atoms with van der Waals surface area (Å²) in [6, 6.07) is 18.9. The van der Waals surface area contributed by atoms with Crippen molar-refractivity contribution in [1.82, 2.24) is 10.2 Å². The second kappa shape index (κ2) is 10.7. The van der Waals surface area contributed by atoms with Gasteiger partial charge in [0.15, 0.2) is 0 Å². The van der Waals surface area contributed by atoms with E-state index >= 15 is 0 Å². The number of hydrogen-bond donors (Lipinski definition) is 2. The van der Waals surface area contributed by atoms with Gasteiger partial charge in [-0.05, 0) is 47.8 Å². The maximum Gasteiger partial charge on any atom is 0.265 e. The average Bonchev–Trinajstić information content (AvgIpc) is 3.32. The molecule has 5 nitrogen and oxygen atoms in total. The molecule has 156 valence electrons. The number of nitrogens with zero attached hydrogens (tertiary/aromatic N) is 1. The topological polar surface area (TPSA) is 61.4 Å². The van der Waals surface area contributed by atoms with Crippen molar-refractivity contribution in [1.29, 1.82) is 0 Å². The zero-order valence-electron chi connectivity index (χ0n) is 17.4. The summed E-state index contributed by atoms with van der Waals surface area (Å²) < 4.78 is 0. The molecule has 1 aromatic heterocycles. The summed E-state index contributed by atoms with van der Waals surface area (Å²) in [5, 5.41) is 7.63. The molecule has 0 radical (unpaired) electrons. The van der Waals surface area contributed by atoms with Gasteiger partial charge in [-0.15, -0.1) is 11.3 Å². The maximum absolute atomic E-state index is 12.7. The molecule has 0 saturated heterocycles. The van der Waals surface area contributed by atoms with Crippen LogP contribution in [0.4, 0.5) is 5.69 Å². The Morgan fingerprint density at radius 1 is 0.867 bits per heavy atom. The van der Waals surface area contributed by atoms with E-state index in [9.17, 15) is 9.59 Å². The van der Waals surface area contributed by atoms with Crippen LogP contribution in [-0.2, 0) is 13.1 Å². The van der Waals surface area contributed by atoms with Gasteiger partial charge >= 0.3 is 0 Å². The van der Waals surface area contributed by atoms with Crippen molar-refractivity contribution in [3.63, 3.8) is 0 Å². The summed E-state index contributed by atoms with van der Waals surface area (Å²) in [4.78, 5) is 28.0. The zero-order chi connectivity index (χ0) is 21.3. The highest BCUT2D eigenvalue weighted by Crippen LogP contribution is 2.18. The normalized spacial score (nSPS) is 10.8. The van der Waals surface area contributed by atoms with E-state index in [1.54, 1.807) is 30.3 Å². The molecule has 0 saturated carbocycles. The van der Waals surface area contributed by atoms with E-state index in [-0.39, 0.29) is 11.8 Å². The predicted octanol–water partition coefficient (Wildman–Crippen LogP) is 4.77. The van der Waals surface area contributed by atoms with Crippen LogP contribution in [0.15, 0.2) is 66.0 Å². The summed E-state index contributed by atoms with van der Waals surface area (Å²) in [5.41, 5.74) is 3.24. The van der Waals surface area contributed by atoms with Crippen molar-refractivity contribution >= 4 is 28.8 Å². The fourth-order valence-electron chi connectivity index (χ4n) is 3.13. The number of anilines is 1. The molecule has 0 spiro atoms. The van der Waals surface area contributed by atoms with Gasteiger partial charge in [0.05, 0.1) is 16.1 Å². The van der Waals surface area contributed by atoms with E-state index in [0.717, 1.165) is 25.2 Å². The van der Waals surface area contributed by atoms with Crippen molar-refractivity contribution in [3.8, 4) is 0 Å². The van der Waals surface area contributed by atoms with Crippen LogP contribution in [0, 0.1) is 0 Å². The Bertz CT molecular complexity index is 964. The first-order chi connectivity index (χ1) is 14.6. The number of carbonyl (C=O) groups excluding carboxylic acids is 2. The number of rotatable bonds is 9. The number of benzene rings is 2. The average molecular weight is 422 g/mol. The molecule has 2 N–H and O–H groups in total. The second-order valence-corrected chi connectivity index (χ2v) is 7.89. The SMILES string of the molecule is CCN(CC)Cc1ccc(CNC(=O)c2ccccc2NC(=O)c2cccs2)cc1. The summed E-state index contributed by atoms with van der Waals surface area (Å²) in [7, 11) is 0. The third-order valence-electron chi connectivity index (χ3n) is 4.94. The molecular formula is C24H27N3O2S. The van der Waals surface area contributed by atoms with Crippen LogP contribution in [0.25, 0.3) is 0 Å². The first-order valence-corrected chi connectivity index (χ1v) is 11.0. The van der Waals surface area contributed by atoms with Gasteiger partial charge in [-0.1, -0.05) is 56.3 Å². The largest absolute Gasteiger partial charge is 0.348 e. The number of carbonyl (C=O) groups is 2. The molecule has 0 aliphatic heterocycles. The highest BCUT2D eigenvalue weighted by Gasteiger charge is 2.14. The summed E-state index contributed by atoms with van der Waals surface area (Å²) in [5.74, 6) is -0.432. The molecular weight excluding hydrogens is 394 g/mol. The molecule has 0 aliphatic carbocycles. The van der Waals surface area contributed by atoms with Crippen LogP contribution in [0.2, 0.25) is 0 Å². The lowest BCUT2D eigenvalue weighted by atomic mass is 10.1. The van der Waals surface area contributed by atoms with Crippen molar-refractivity contribution in [2.45, 2.75) is 26.9 Å². The van der Waals surface area contributed by atoms with Gasteiger partial charge in [0.25, 0.3) is 11.8 Å². The molecule has 6 heteroatoms. The molecule has 30 heavy (non-hydrogen) atoms. The third kappa shape index (κ3) is 5.78. The van der Waals surface area contributed by atoms with Gasteiger partial charge in [0, 0.05) is 13.1 Å². The number of nitrogens with one attached hydrogen (secondary N) is 2. The molecule has 2 aromatic carbocycles. The Morgan fingerprint density at radius 3 is 2.23 bits per heavy atom. The Hall–Kier alpha value is -2.96. The molecule has 0 fully saturated rings. The Kier molecular flexibility index (Phi) is 7.76. The number of para-hydroxylation sites is 1. The van der Waals surface area contributed by atoms with Crippen molar-refractivity contribution < 1.29 is 9.59 Å². The molecule has 0 atom stereocenters. The van der Waals surface area contributed by atoms with Crippen LogP contribution in [0.5, 0.6) is 0 Å². The second-order valence-electron chi connectivity index (χ2n) is 6.94. The fraction of sp³-hybridized carbons (Fsp3) is 0.250. The Labute approximate surface area is 181 Å². The number of thiophene rings is 1. The molecule has 1 heterocycles. The summed E-state index contributed by atoms with van der Waals surface area (Å²) in [6.07, 6.45) is 0. The van der Waals surface area contributed by atoms with Crippen LogP contribution in [0.1, 0.15) is 45.0 Å². The van der Waals surface area contributed by atoms with E-state index in [2.05, 4.69) is 41.5 Å². The van der Waals surface area contributed by atoms with Gasteiger partial charge < -0.3 is 10.6 Å². The quantitative estimate of drug-likeness (QED) is 0.523. The minimum Gasteiger partial charge on any atom is -0.348 e. The summed E-state index contributed by atoms with van der Waals surface area (Å²) in [6.45, 7) is 7.73. The van der Waals surface area contributed by atoms with E-state index in [1.807, 2.05) is 23.6 Å². The van der Waals surface area contributed by atoms with Crippen LogP contribution >= 0.6 is 11.3 Å². The van der Waals surface area contributed by atoms with Gasteiger partial charge in [-0.2, -0.15) is 0 Å². The number of amides is 2. The van der Waals surface area contributed by atoms with E-state index < -0.39 is 0 Å². The van der Waals surface area contributed by atoms with Crippen LogP contribution in [-0.4, -0.2) is 29.8 Å². The number of hydrogen-bond acceptors (Lipinski definition) is 4. The minimum atomic E-state index is -0.218. The molecule has 0 bridgehead atoms. The minimum absolute atomic E-state index is 0.214. The lowest BCUT2D eigenvalue weighted by Gasteiger charge is -2.18. The van der Waals surface area contributed by atoms with Crippen LogP contribution in [0.3, 0.4) is 0 Å². The van der Waals surface area contributed by atoms with E-state index in [4.69, 9.17) is 0 Å². The molecule has 2 amide bonds. The van der Waals surface area contributed by atoms with Gasteiger partial charge in [0.1, 0.15) is 0 Å². The molecule has 3 aromatic rings. The monoisotopic (exact) mass is 421 g/mol. The van der Waals surface area contributed by atoms with Crippen molar-refractivity contribution in [2.24, 2.45) is 0 Å². The van der Waals surface area contributed by atoms with Crippen molar-refractivity contribution in [3.05, 3.63) is 87.6 Å². The summed E-state index contributed by atoms with van der Waals surface area (Å²) >= 11 is 1.36. The molecule has 0 unspecified atom stereocenters. The smallest absolute Gasteiger partial charge is 0.265 e. The molecule has 0 aliphatic rings. The highest BCUT2D eigenvalue weighted by atomic mass is 32.1. The highest BCUT2D eigenvalue weighted by molar-refractivity contribution is 7.12. The predicted molar refractivity (Wildman–Crippen MR) is 123 cm³/mol. The van der Waals surface area contributed by atoms with Crippen LogP contribution < -0.4 is 10.6 Å². The zero-order valence-corrected chi connectivity index (χ0v) is 18.2. The van der Waals surface area contributed by atoms with Crippen molar-refractivity contribution in [2.75, 3.05) is 18.4 Å². The lowest BCUT2D eigenvalue weighted by molar-refractivity contribution is 0.0952. The Morgan fingerprint density at radius 2 is 1.57 bits per heavy atom. The van der Waals surface area contributed by atoms with E-state index in [0.29, 0.717) is 22.7 Å².